The van der Waals surface area contributed by atoms with Gasteiger partial charge in [0.05, 0.1) is 18.6 Å². The molecule has 96 valence electrons. The molecule has 2 N–H and O–H groups in total. The van der Waals surface area contributed by atoms with E-state index in [0.717, 1.165) is 13.0 Å². The number of hydrogen-bond acceptors (Lipinski definition) is 6. The molecule has 2 heterocycles. The molecular weight excluding hydrogens is 222 g/mol. The Morgan fingerprint density at radius 2 is 2.35 bits per heavy atom. The van der Waals surface area contributed by atoms with Crippen molar-refractivity contribution >= 4 is 0 Å². The summed E-state index contributed by atoms with van der Waals surface area (Å²) in [5.74, 6) is 1.26. The van der Waals surface area contributed by atoms with Crippen LogP contribution in [0.25, 0.3) is 0 Å². The molecule has 6 nitrogen and oxygen atoms in total. The number of nitrogens with two attached hydrogens (primary N) is 1. The lowest BCUT2D eigenvalue weighted by molar-refractivity contribution is 0.113. The Bertz CT molecular complexity index is 378. The van der Waals surface area contributed by atoms with Gasteiger partial charge < -0.3 is 19.7 Å². The average molecular weight is 241 g/mol. The molecule has 1 saturated heterocycles. The monoisotopic (exact) mass is 241 g/mol. The van der Waals surface area contributed by atoms with E-state index in [-0.39, 0.29) is 12.0 Å². The van der Waals surface area contributed by atoms with Gasteiger partial charge in [-0.3, -0.25) is 0 Å². The fraction of sp³-hybridized carbons (Fsp3) is 0.818. The van der Waals surface area contributed by atoms with Crippen molar-refractivity contribution in [1.29, 1.82) is 0 Å². The van der Waals surface area contributed by atoms with Gasteiger partial charge in [-0.05, 0) is 20.3 Å². The van der Waals surface area contributed by atoms with Crippen LogP contribution in [0, 0.1) is 0 Å². The fourth-order valence-electron chi connectivity index (χ4n) is 2.04. The Kier molecular flexibility index (Phi) is 3.46. The first-order valence-corrected chi connectivity index (χ1v) is 5.78. The number of nitrogens with zero attached hydrogens (tertiary/aromatic N) is 2. The molecule has 0 radical (unpaired) electrons. The number of methoxy groups -OCH3 is 1. The Morgan fingerprint density at radius 1 is 1.59 bits per heavy atom. The van der Waals surface area contributed by atoms with Gasteiger partial charge in [-0.2, -0.15) is 4.98 Å². The molecule has 0 amide bonds. The van der Waals surface area contributed by atoms with Gasteiger partial charge in [-0.15, -0.1) is 0 Å². The minimum atomic E-state index is -0.723. The first-order valence-electron chi connectivity index (χ1n) is 5.78. The quantitative estimate of drug-likeness (QED) is 0.838. The smallest absolute Gasteiger partial charge is 0.232 e. The van der Waals surface area contributed by atoms with Crippen molar-refractivity contribution in [2.75, 3.05) is 20.3 Å². The summed E-state index contributed by atoms with van der Waals surface area (Å²) >= 11 is 0. The second kappa shape index (κ2) is 4.72. The van der Waals surface area contributed by atoms with Crippen molar-refractivity contribution in [3.63, 3.8) is 0 Å². The van der Waals surface area contributed by atoms with Crippen LogP contribution >= 0.6 is 0 Å². The molecule has 17 heavy (non-hydrogen) atoms. The highest BCUT2D eigenvalue weighted by Crippen LogP contribution is 2.30. The molecule has 6 heteroatoms. The van der Waals surface area contributed by atoms with Crippen molar-refractivity contribution in [2.45, 2.75) is 37.8 Å². The zero-order valence-electron chi connectivity index (χ0n) is 10.5. The molecule has 0 spiro atoms. The van der Waals surface area contributed by atoms with Gasteiger partial charge >= 0.3 is 0 Å². The Labute approximate surface area is 100 Å². The van der Waals surface area contributed by atoms with Crippen LogP contribution in [0.4, 0.5) is 0 Å². The molecule has 1 aromatic rings. The van der Waals surface area contributed by atoms with E-state index in [9.17, 15) is 0 Å². The highest BCUT2D eigenvalue weighted by molar-refractivity contribution is 5.06. The zero-order valence-corrected chi connectivity index (χ0v) is 10.5. The van der Waals surface area contributed by atoms with Crippen LogP contribution in [0.3, 0.4) is 0 Å². The second-order valence-electron chi connectivity index (χ2n) is 4.78. The van der Waals surface area contributed by atoms with Crippen molar-refractivity contribution in [3.05, 3.63) is 11.7 Å². The maximum Gasteiger partial charge on any atom is 0.232 e. The van der Waals surface area contributed by atoms with Gasteiger partial charge in [0.2, 0.25) is 5.89 Å². The van der Waals surface area contributed by atoms with Crippen molar-refractivity contribution in [3.8, 4) is 0 Å². The van der Waals surface area contributed by atoms with Crippen LogP contribution in [0.1, 0.15) is 37.9 Å². The van der Waals surface area contributed by atoms with E-state index in [1.165, 1.54) is 0 Å². The van der Waals surface area contributed by atoms with Gasteiger partial charge in [-0.25, -0.2) is 0 Å². The van der Waals surface area contributed by atoms with E-state index in [0.29, 0.717) is 18.3 Å². The van der Waals surface area contributed by atoms with Gasteiger partial charge in [0.1, 0.15) is 5.54 Å². The van der Waals surface area contributed by atoms with Crippen LogP contribution < -0.4 is 5.73 Å². The number of rotatable bonds is 4. The van der Waals surface area contributed by atoms with Gasteiger partial charge in [0, 0.05) is 13.7 Å². The summed E-state index contributed by atoms with van der Waals surface area (Å²) in [5, 5.41) is 3.94. The molecule has 0 aliphatic carbocycles. The summed E-state index contributed by atoms with van der Waals surface area (Å²) in [7, 11) is 1.60. The first kappa shape index (κ1) is 12.5. The summed E-state index contributed by atoms with van der Waals surface area (Å²) in [4.78, 5) is 4.37. The maximum atomic E-state index is 6.05. The Morgan fingerprint density at radius 3 is 2.94 bits per heavy atom. The molecule has 1 aliphatic rings. The largest absolute Gasteiger partial charge is 0.382 e. The summed E-state index contributed by atoms with van der Waals surface area (Å²) in [6.45, 7) is 4.92. The lowest BCUT2D eigenvalue weighted by Gasteiger charge is -2.18. The number of hydrogen-bond donors (Lipinski definition) is 1. The topological polar surface area (TPSA) is 83.4 Å². The van der Waals surface area contributed by atoms with Crippen LogP contribution in [0.2, 0.25) is 0 Å². The molecule has 0 bridgehead atoms. The summed E-state index contributed by atoms with van der Waals surface area (Å²) in [5.41, 5.74) is 5.33. The van der Waals surface area contributed by atoms with Gasteiger partial charge in [-0.1, -0.05) is 5.16 Å². The molecule has 2 rings (SSSR count). The standard InChI is InChI=1S/C11H19N3O3/c1-7-8(4-5-16-7)9-13-10(14-17-9)11(2,12)6-15-3/h7-8H,4-6,12H2,1-3H3. The molecule has 1 fully saturated rings. The van der Waals surface area contributed by atoms with E-state index in [1.54, 1.807) is 7.11 Å². The molecule has 0 aromatic carbocycles. The third-order valence-electron chi connectivity index (χ3n) is 3.09. The second-order valence-corrected chi connectivity index (χ2v) is 4.78. The predicted molar refractivity (Wildman–Crippen MR) is 60.5 cm³/mol. The highest BCUT2D eigenvalue weighted by atomic mass is 16.5. The Balaban J connectivity index is 2.15. The minimum absolute atomic E-state index is 0.120. The van der Waals surface area contributed by atoms with Gasteiger partial charge in [0.25, 0.3) is 0 Å². The van der Waals surface area contributed by atoms with Crippen LogP contribution in [0.5, 0.6) is 0 Å². The minimum Gasteiger partial charge on any atom is -0.382 e. The molecule has 0 saturated carbocycles. The van der Waals surface area contributed by atoms with E-state index < -0.39 is 5.54 Å². The van der Waals surface area contributed by atoms with E-state index >= 15 is 0 Å². The maximum absolute atomic E-state index is 6.05. The van der Waals surface area contributed by atoms with Gasteiger partial charge in [0.15, 0.2) is 5.82 Å². The van der Waals surface area contributed by atoms with Crippen LogP contribution in [0.15, 0.2) is 4.52 Å². The molecule has 3 unspecified atom stereocenters. The number of ether oxygens (including phenoxy) is 2. The zero-order chi connectivity index (χ0) is 12.5. The van der Waals surface area contributed by atoms with Crippen molar-refractivity contribution in [1.82, 2.24) is 10.1 Å². The number of aromatic nitrogens is 2. The lowest BCUT2D eigenvalue weighted by Crippen LogP contribution is -2.39. The SMILES string of the molecule is COCC(C)(N)c1noc(C2CCOC2C)n1. The Hall–Kier alpha value is -0.980. The van der Waals surface area contributed by atoms with E-state index in [4.69, 9.17) is 19.7 Å². The molecular formula is C11H19N3O3. The highest BCUT2D eigenvalue weighted by Gasteiger charge is 2.34. The van der Waals surface area contributed by atoms with E-state index in [1.807, 2.05) is 13.8 Å². The third-order valence-corrected chi connectivity index (χ3v) is 3.09. The summed E-state index contributed by atoms with van der Waals surface area (Å²) < 4.78 is 15.8. The van der Waals surface area contributed by atoms with Crippen LogP contribution in [-0.2, 0) is 15.0 Å². The normalized spacial score (nSPS) is 28.2. The van der Waals surface area contributed by atoms with Crippen LogP contribution in [-0.4, -0.2) is 36.6 Å². The van der Waals surface area contributed by atoms with E-state index in [2.05, 4.69) is 10.1 Å². The third kappa shape index (κ3) is 2.48. The summed E-state index contributed by atoms with van der Waals surface area (Å²) in [6.07, 6.45) is 1.03. The molecule has 3 atom stereocenters. The average Bonchev–Trinajstić information content (AvgIpc) is 2.85. The molecule has 1 aliphatic heterocycles. The lowest BCUT2D eigenvalue weighted by atomic mass is 10.0. The molecule has 1 aromatic heterocycles. The fourth-order valence-corrected chi connectivity index (χ4v) is 2.04. The summed E-state index contributed by atoms with van der Waals surface area (Å²) in [6, 6.07) is 0. The van der Waals surface area contributed by atoms with Crippen molar-refractivity contribution < 1.29 is 14.0 Å². The first-order chi connectivity index (χ1) is 8.04. The predicted octanol–water partition coefficient (Wildman–Crippen LogP) is 0.782. The van der Waals surface area contributed by atoms with Crippen molar-refractivity contribution in [2.24, 2.45) is 5.73 Å².